The van der Waals surface area contributed by atoms with Gasteiger partial charge in [-0.1, -0.05) is 78.9 Å². The van der Waals surface area contributed by atoms with Gasteiger partial charge in [0.25, 0.3) is 0 Å². The van der Waals surface area contributed by atoms with Gasteiger partial charge in [0, 0.05) is 60.8 Å². The molecule has 4 aliphatic carbocycles. The third-order valence-electron chi connectivity index (χ3n) is 11.4. The number of thioether (sulfide) groups is 2. The monoisotopic (exact) mass is 708 g/mol. The Morgan fingerprint density at radius 2 is 1.19 bits per heavy atom. The van der Waals surface area contributed by atoms with Crippen LogP contribution in [0.4, 0.5) is 22.7 Å². The average Bonchev–Trinajstić information content (AvgIpc) is 3.76. The van der Waals surface area contributed by atoms with Crippen molar-refractivity contribution in [2.24, 2.45) is 0 Å². The number of hydrogen-bond donors (Lipinski definition) is 0. The molecule has 250 valence electrons. The Balaban J connectivity index is 0.954. The maximum Gasteiger partial charge on any atom is 0.137 e. The lowest BCUT2D eigenvalue weighted by Crippen LogP contribution is -2.41. The van der Waals surface area contributed by atoms with Crippen molar-refractivity contribution in [3.8, 4) is 0 Å². The molecule has 0 saturated heterocycles. The fraction of sp³-hybridized carbons (Fsp3) is 0.130. The van der Waals surface area contributed by atoms with Crippen LogP contribution in [0.3, 0.4) is 0 Å². The fourth-order valence-electron chi connectivity index (χ4n) is 9.20. The summed E-state index contributed by atoms with van der Waals surface area (Å²) >= 11 is 3.90. The van der Waals surface area contributed by atoms with E-state index in [0.29, 0.717) is 10.5 Å². The Hall–Kier alpha value is -5.30. The molecule has 2 aromatic heterocycles. The van der Waals surface area contributed by atoms with E-state index in [1.165, 1.54) is 48.3 Å². The summed E-state index contributed by atoms with van der Waals surface area (Å²) in [6, 6.07) is 31.6. The van der Waals surface area contributed by atoms with Gasteiger partial charge in [-0.15, -0.1) is 23.5 Å². The Labute approximate surface area is 309 Å². The number of fused-ring (bicyclic) bond motifs is 12. The van der Waals surface area contributed by atoms with E-state index in [9.17, 15) is 0 Å². The molecule has 5 unspecified atom stereocenters. The Bertz CT molecular complexity index is 2800. The molecule has 12 rings (SSSR count). The van der Waals surface area contributed by atoms with Crippen LogP contribution in [0.15, 0.2) is 158 Å². The molecule has 4 heterocycles. The molecule has 0 bridgehead atoms. The molecule has 0 fully saturated rings. The summed E-state index contributed by atoms with van der Waals surface area (Å²) in [4.78, 5) is 7.59. The predicted octanol–water partition coefficient (Wildman–Crippen LogP) is 10.5. The third-order valence-corrected chi connectivity index (χ3v) is 14.1. The molecule has 6 heteroatoms. The van der Waals surface area contributed by atoms with Crippen molar-refractivity contribution in [1.29, 1.82) is 0 Å². The van der Waals surface area contributed by atoms with Crippen LogP contribution >= 0.6 is 23.5 Å². The minimum Gasteiger partial charge on any atom is -0.456 e. The maximum absolute atomic E-state index is 6.69. The number of nitrogens with zero attached hydrogens (tertiary/aromatic N) is 2. The van der Waals surface area contributed by atoms with E-state index in [1.807, 2.05) is 23.5 Å². The molecule has 0 radical (unpaired) electrons. The Morgan fingerprint density at radius 1 is 0.596 bits per heavy atom. The number of anilines is 4. The van der Waals surface area contributed by atoms with Gasteiger partial charge < -0.3 is 18.6 Å². The van der Waals surface area contributed by atoms with Crippen LogP contribution in [0.5, 0.6) is 0 Å². The summed E-state index contributed by atoms with van der Waals surface area (Å²) < 4.78 is 13.4. The number of benzene rings is 4. The van der Waals surface area contributed by atoms with Gasteiger partial charge in [0.2, 0.25) is 0 Å². The van der Waals surface area contributed by atoms with Crippen LogP contribution in [-0.2, 0) is 0 Å². The minimum atomic E-state index is 0.203. The van der Waals surface area contributed by atoms with Gasteiger partial charge in [-0.05, 0) is 72.7 Å². The van der Waals surface area contributed by atoms with Crippen molar-refractivity contribution in [2.75, 3.05) is 9.80 Å². The maximum atomic E-state index is 6.69. The first-order chi connectivity index (χ1) is 25.8. The number of furan rings is 2. The largest absolute Gasteiger partial charge is 0.456 e. The van der Waals surface area contributed by atoms with Crippen LogP contribution in [0.25, 0.3) is 39.7 Å². The highest BCUT2D eigenvalue weighted by Crippen LogP contribution is 2.50. The van der Waals surface area contributed by atoms with Gasteiger partial charge in [0.15, 0.2) is 0 Å². The Kier molecular flexibility index (Phi) is 6.25. The second-order valence-electron chi connectivity index (χ2n) is 14.2. The molecule has 2 aliphatic heterocycles. The van der Waals surface area contributed by atoms with Crippen LogP contribution in [0, 0.1) is 0 Å². The average molecular weight is 709 g/mol. The number of para-hydroxylation sites is 2. The topological polar surface area (TPSA) is 32.8 Å². The zero-order valence-electron chi connectivity index (χ0n) is 28.1. The molecule has 4 aromatic carbocycles. The molecule has 6 aliphatic rings. The first-order valence-corrected chi connectivity index (χ1v) is 19.8. The lowest BCUT2D eigenvalue weighted by atomic mass is 9.80. The highest BCUT2D eigenvalue weighted by Gasteiger charge is 2.37. The minimum absolute atomic E-state index is 0.203. The van der Waals surface area contributed by atoms with Gasteiger partial charge in [-0.2, -0.15) is 0 Å². The lowest BCUT2D eigenvalue weighted by molar-refractivity contribution is 0.567. The number of allylic oxidation sites excluding steroid dienone is 5. The van der Waals surface area contributed by atoms with Crippen LogP contribution < -0.4 is 20.4 Å². The van der Waals surface area contributed by atoms with E-state index >= 15 is 0 Å². The van der Waals surface area contributed by atoms with Gasteiger partial charge in [0.05, 0.1) is 34.0 Å². The molecule has 0 saturated carbocycles. The zero-order chi connectivity index (χ0) is 33.9. The van der Waals surface area contributed by atoms with E-state index in [0.717, 1.165) is 40.1 Å². The number of rotatable bonds is 2. The van der Waals surface area contributed by atoms with Crippen molar-refractivity contribution in [2.45, 2.75) is 44.7 Å². The van der Waals surface area contributed by atoms with Gasteiger partial charge in [-0.25, -0.2) is 0 Å². The predicted molar refractivity (Wildman–Crippen MR) is 217 cm³/mol. The van der Waals surface area contributed by atoms with Crippen molar-refractivity contribution < 1.29 is 8.83 Å². The normalized spacial score (nSPS) is 24.5. The second kappa shape index (κ2) is 11.1. The summed E-state index contributed by atoms with van der Waals surface area (Å²) in [5.74, 6) is 1.17. The summed E-state index contributed by atoms with van der Waals surface area (Å²) in [6.07, 6.45) is 25.6. The van der Waals surface area contributed by atoms with Crippen molar-refractivity contribution >= 4 is 85.9 Å². The summed E-state index contributed by atoms with van der Waals surface area (Å²) in [6.45, 7) is 0. The fourth-order valence-corrected chi connectivity index (χ4v) is 11.7. The second-order valence-corrected chi connectivity index (χ2v) is 16.7. The molecule has 0 amide bonds. The highest BCUT2D eigenvalue weighted by molar-refractivity contribution is 8.00. The molecular formula is C46H32N2O2S2. The molecular weight excluding hydrogens is 677 g/mol. The molecule has 4 nitrogen and oxygen atoms in total. The lowest BCUT2D eigenvalue weighted by Gasteiger charge is -2.42. The molecule has 0 spiro atoms. The highest BCUT2D eigenvalue weighted by atomic mass is 32.2. The van der Waals surface area contributed by atoms with Gasteiger partial charge in [0.1, 0.15) is 22.3 Å². The van der Waals surface area contributed by atoms with E-state index in [1.54, 1.807) is 0 Å². The van der Waals surface area contributed by atoms with Crippen LogP contribution in [0.2, 0.25) is 0 Å². The summed E-state index contributed by atoms with van der Waals surface area (Å²) in [7, 11) is 0. The molecule has 6 aromatic rings. The number of hydrogen-bond acceptors (Lipinski definition) is 6. The molecule has 52 heavy (non-hydrogen) atoms. The first kappa shape index (κ1) is 29.3. The third kappa shape index (κ3) is 4.19. The summed E-state index contributed by atoms with van der Waals surface area (Å²) in [5, 5.41) is 4.29. The smallest absolute Gasteiger partial charge is 0.137 e. The standard InChI is InChI=1S/C46H32N2O2S2/c1-5-13-41-33(9-1)47(34-10-2-6-14-42(34)51-41)27-17-19-31-39(25-27)49-37-23-21-30-29(45(31)37)22-24-38-46(30)32-20-18-28(26-40(32)50-38)48-35-11-3-7-15-43(35)52-44-16-8-4-12-36(44)48/h1-21,23-26,29,33,35,41,43H,22H2. The summed E-state index contributed by atoms with van der Waals surface area (Å²) in [5.41, 5.74) is 10.2. The first-order valence-electron chi connectivity index (χ1n) is 18.1. The van der Waals surface area contributed by atoms with Gasteiger partial charge in [-0.3, -0.25) is 0 Å². The van der Waals surface area contributed by atoms with Gasteiger partial charge >= 0.3 is 0 Å². The van der Waals surface area contributed by atoms with Crippen molar-refractivity contribution in [3.05, 3.63) is 162 Å². The van der Waals surface area contributed by atoms with E-state index in [4.69, 9.17) is 8.83 Å². The van der Waals surface area contributed by atoms with E-state index < -0.39 is 0 Å². The quantitative estimate of drug-likeness (QED) is 0.178. The van der Waals surface area contributed by atoms with Crippen molar-refractivity contribution in [3.63, 3.8) is 0 Å². The molecule has 5 atom stereocenters. The van der Waals surface area contributed by atoms with E-state index in [2.05, 4.69) is 162 Å². The van der Waals surface area contributed by atoms with Crippen LogP contribution in [-0.4, -0.2) is 22.6 Å². The molecule has 0 N–H and O–H groups in total. The Morgan fingerprint density at radius 3 is 1.87 bits per heavy atom. The van der Waals surface area contributed by atoms with E-state index in [-0.39, 0.29) is 18.0 Å². The SMILES string of the molecule is C1=CC2Sc3ccccc3N(c3ccc4c5c(oc4c3)C=CC3=c4c(oc6cc(N7c8ccccc8SC8C=CC=CC87)ccc46)=CCC35)C2C=C1. The van der Waals surface area contributed by atoms with Crippen molar-refractivity contribution in [1.82, 2.24) is 0 Å². The zero-order valence-corrected chi connectivity index (χ0v) is 29.7. The van der Waals surface area contributed by atoms with Crippen LogP contribution in [0.1, 0.15) is 23.7 Å².